The zero-order valence-corrected chi connectivity index (χ0v) is 10.6. The number of methoxy groups -OCH3 is 1. The van der Waals surface area contributed by atoms with Crippen molar-refractivity contribution in [3.8, 4) is 6.07 Å². The molecule has 19 heavy (non-hydrogen) atoms. The number of thiophene rings is 1. The SMILES string of the molecule is COC(=O)c1scc(C#N)c1N(C)C(=O)C(F)(F)F. The molecule has 0 unspecified atom stereocenters. The molecule has 0 fully saturated rings. The predicted molar refractivity (Wildman–Crippen MR) is 59.8 cm³/mol. The first-order chi connectivity index (χ1) is 8.73. The van der Waals surface area contributed by atoms with E-state index in [9.17, 15) is 22.8 Å². The maximum atomic E-state index is 12.4. The molecule has 0 atom stereocenters. The number of amides is 1. The molecule has 1 aromatic heterocycles. The second-order valence-corrected chi connectivity index (χ2v) is 4.17. The Bertz CT molecular complexity index is 559. The van der Waals surface area contributed by atoms with Gasteiger partial charge in [-0.2, -0.15) is 18.4 Å². The van der Waals surface area contributed by atoms with Crippen molar-refractivity contribution in [3.63, 3.8) is 0 Å². The molecular formula is C10H7F3N2O3S. The number of esters is 1. The summed E-state index contributed by atoms with van der Waals surface area (Å²) in [6.07, 6.45) is -5.10. The van der Waals surface area contributed by atoms with Crippen molar-refractivity contribution in [2.24, 2.45) is 0 Å². The van der Waals surface area contributed by atoms with E-state index < -0.39 is 23.7 Å². The van der Waals surface area contributed by atoms with Crippen LogP contribution in [-0.4, -0.2) is 32.2 Å². The van der Waals surface area contributed by atoms with Crippen LogP contribution >= 0.6 is 11.3 Å². The van der Waals surface area contributed by atoms with Crippen LogP contribution in [0, 0.1) is 11.3 Å². The number of halogens is 3. The minimum Gasteiger partial charge on any atom is -0.465 e. The van der Waals surface area contributed by atoms with Crippen molar-refractivity contribution in [3.05, 3.63) is 15.8 Å². The number of carbonyl (C=O) groups is 2. The Labute approximate surface area is 109 Å². The molecule has 5 nitrogen and oxygen atoms in total. The molecule has 0 bridgehead atoms. The Morgan fingerprint density at radius 3 is 2.47 bits per heavy atom. The van der Waals surface area contributed by atoms with E-state index in [1.54, 1.807) is 6.07 Å². The largest absolute Gasteiger partial charge is 0.471 e. The number of nitriles is 1. The van der Waals surface area contributed by atoms with Gasteiger partial charge < -0.3 is 9.64 Å². The Morgan fingerprint density at radius 1 is 1.47 bits per heavy atom. The monoisotopic (exact) mass is 292 g/mol. The summed E-state index contributed by atoms with van der Waals surface area (Å²) in [5.41, 5.74) is -0.604. The van der Waals surface area contributed by atoms with Crippen molar-refractivity contribution >= 4 is 28.9 Å². The minimum atomic E-state index is -5.10. The van der Waals surface area contributed by atoms with Gasteiger partial charge in [0.1, 0.15) is 10.9 Å². The number of nitrogens with zero attached hydrogens (tertiary/aromatic N) is 2. The van der Waals surface area contributed by atoms with Gasteiger partial charge in [0.2, 0.25) is 0 Å². The van der Waals surface area contributed by atoms with Gasteiger partial charge >= 0.3 is 18.1 Å². The highest BCUT2D eigenvalue weighted by Gasteiger charge is 2.43. The van der Waals surface area contributed by atoms with E-state index in [0.29, 0.717) is 0 Å². The van der Waals surface area contributed by atoms with Gasteiger partial charge in [0.15, 0.2) is 0 Å². The highest BCUT2D eigenvalue weighted by molar-refractivity contribution is 7.12. The van der Waals surface area contributed by atoms with E-state index in [2.05, 4.69) is 4.74 Å². The molecule has 0 spiro atoms. The van der Waals surface area contributed by atoms with Crippen LogP contribution in [0.15, 0.2) is 5.38 Å². The molecule has 0 aliphatic carbocycles. The molecule has 0 N–H and O–H groups in total. The lowest BCUT2D eigenvalue weighted by atomic mass is 10.2. The quantitative estimate of drug-likeness (QED) is 0.781. The first kappa shape index (κ1) is 15.0. The molecule has 102 valence electrons. The van der Waals surface area contributed by atoms with Crippen LogP contribution in [0.5, 0.6) is 0 Å². The molecule has 9 heteroatoms. The summed E-state index contributed by atoms with van der Waals surface area (Å²) in [6, 6.07) is 1.62. The minimum absolute atomic E-state index is 0.203. The average Bonchev–Trinajstić information content (AvgIpc) is 2.78. The van der Waals surface area contributed by atoms with E-state index >= 15 is 0 Å². The molecule has 0 saturated carbocycles. The van der Waals surface area contributed by atoms with Crippen LogP contribution in [-0.2, 0) is 9.53 Å². The Hall–Kier alpha value is -2.08. The zero-order chi connectivity index (χ0) is 14.8. The molecule has 0 aliphatic rings. The lowest BCUT2D eigenvalue weighted by Crippen LogP contribution is -2.39. The topological polar surface area (TPSA) is 70.4 Å². The number of alkyl halides is 3. The number of hydrogen-bond donors (Lipinski definition) is 0. The Balaban J connectivity index is 3.33. The first-order valence-corrected chi connectivity index (χ1v) is 5.56. The van der Waals surface area contributed by atoms with Crippen LogP contribution in [0.4, 0.5) is 18.9 Å². The number of ether oxygens (including phenoxy) is 1. The van der Waals surface area contributed by atoms with Crippen molar-refractivity contribution in [1.29, 1.82) is 5.26 Å². The predicted octanol–water partition coefficient (Wildman–Crippen LogP) is 1.93. The Morgan fingerprint density at radius 2 is 2.05 bits per heavy atom. The maximum Gasteiger partial charge on any atom is 0.471 e. The first-order valence-electron chi connectivity index (χ1n) is 4.68. The summed E-state index contributed by atoms with van der Waals surface area (Å²) in [5, 5.41) is 9.99. The van der Waals surface area contributed by atoms with E-state index in [1.165, 1.54) is 5.38 Å². The number of rotatable bonds is 2. The highest BCUT2D eigenvalue weighted by Crippen LogP contribution is 2.33. The molecule has 0 saturated heterocycles. The fourth-order valence-corrected chi connectivity index (χ4v) is 2.23. The number of hydrogen-bond acceptors (Lipinski definition) is 5. The third-order valence-electron chi connectivity index (χ3n) is 2.14. The van der Waals surface area contributed by atoms with Crippen LogP contribution in [0.1, 0.15) is 15.2 Å². The summed E-state index contributed by atoms with van der Waals surface area (Å²) >= 11 is 0.732. The summed E-state index contributed by atoms with van der Waals surface area (Å²) in [4.78, 5) is 22.5. The summed E-state index contributed by atoms with van der Waals surface area (Å²) in [6.45, 7) is 0. The van der Waals surface area contributed by atoms with Gasteiger partial charge in [-0.25, -0.2) is 4.79 Å². The molecular weight excluding hydrogens is 285 g/mol. The van der Waals surface area contributed by atoms with E-state index in [4.69, 9.17) is 5.26 Å². The number of carbonyl (C=O) groups excluding carboxylic acids is 2. The van der Waals surface area contributed by atoms with E-state index in [1.807, 2.05) is 0 Å². The van der Waals surface area contributed by atoms with Gasteiger partial charge in [0.05, 0.1) is 18.4 Å². The van der Waals surface area contributed by atoms with Gasteiger partial charge in [-0.05, 0) is 0 Å². The third-order valence-corrected chi connectivity index (χ3v) is 3.09. The normalized spacial score (nSPS) is 10.7. The highest BCUT2D eigenvalue weighted by atomic mass is 32.1. The van der Waals surface area contributed by atoms with Gasteiger partial charge in [0, 0.05) is 12.4 Å². The maximum absolute atomic E-state index is 12.4. The summed E-state index contributed by atoms with van der Waals surface area (Å²) in [7, 11) is 1.88. The van der Waals surface area contributed by atoms with Gasteiger partial charge in [-0.15, -0.1) is 11.3 Å². The van der Waals surface area contributed by atoms with Gasteiger partial charge in [-0.1, -0.05) is 0 Å². The molecule has 0 radical (unpaired) electrons. The van der Waals surface area contributed by atoms with Crippen LogP contribution in [0.2, 0.25) is 0 Å². The molecule has 1 rings (SSSR count). The number of anilines is 1. The second kappa shape index (κ2) is 5.27. The Kier molecular flexibility index (Phi) is 4.16. The third kappa shape index (κ3) is 2.85. The summed E-state index contributed by atoms with van der Waals surface area (Å²) in [5.74, 6) is -3.09. The molecule has 1 aromatic rings. The lowest BCUT2D eigenvalue weighted by molar-refractivity contribution is -0.170. The molecule has 0 aliphatic heterocycles. The second-order valence-electron chi connectivity index (χ2n) is 3.29. The van der Waals surface area contributed by atoms with Crippen LogP contribution in [0.3, 0.4) is 0 Å². The van der Waals surface area contributed by atoms with Crippen molar-refractivity contribution < 1.29 is 27.5 Å². The molecule has 1 amide bonds. The van der Waals surface area contributed by atoms with E-state index in [0.717, 1.165) is 25.5 Å². The zero-order valence-electron chi connectivity index (χ0n) is 9.74. The smallest absolute Gasteiger partial charge is 0.465 e. The fraction of sp³-hybridized carbons (Fsp3) is 0.300. The van der Waals surface area contributed by atoms with Crippen LogP contribution in [0.25, 0.3) is 0 Å². The van der Waals surface area contributed by atoms with Crippen molar-refractivity contribution in [2.75, 3.05) is 19.1 Å². The van der Waals surface area contributed by atoms with Crippen molar-refractivity contribution in [2.45, 2.75) is 6.18 Å². The molecule has 0 aromatic carbocycles. The lowest BCUT2D eigenvalue weighted by Gasteiger charge is -2.19. The van der Waals surface area contributed by atoms with E-state index in [-0.39, 0.29) is 15.3 Å². The van der Waals surface area contributed by atoms with Crippen LogP contribution < -0.4 is 4.90 Å². The van der Waals surface area contributed by atoms with Crippen molar-refractivity contribution in [1.82, 2.24) is 0 Å². The average molecular weight is 292 g/mol. The standard InChI is InChI=1S/C10H7F3N2O3S/c1-15(9(17)10(11,12)13)6-5(3-14)4-19-7(6)8(16)18-2/h4H,1-2H3. The fourth-order valence-electron chi connectivity index (χ4n) is 1.29. The van der Waals surface area contributed by atoms with Gasteiger partial charge in [0.25, 0.3) is 0 Å². The van der Waals surface area contributed by atoms with Gasteiger partial charge in [-0.3, -0.25) is 4.79 Å². The molecule has 1 heterocycles. The summed E-state index contributed by atoms with van der Waals surface area (Å²) < 4.78 is 41.5.